The fraction of sp³-hybridized carbons (Fsp3) is 0.750. The maximum Gasteiger partial charge on any atom is 0.353 e. The van der Waals surface area contributed by atoms with Gasteiger partial charge in [-0.05, 0) is 38.8 Å². The summed E-state index contributed by atoms with van der Waals surface area (Å²) in [7, 11) is 0. The molecular formula is C24H36N6O5S. The minimum Gasteiger partial charge on any atom is -0.477 e. The van der Waals surface area contributed by atoms with Crippen LogP contribution in [0.1, 0.15) is 33.1 Å². The van der Waals surface area contributed by atoms with Crippen molar-refractivity contribution in [3.8, 4) is 0 Å². The predicted octanol–water partition coefficient (Wildman–Crippen LogP) is -1.10. The molecule has 5 aliphatic rings. The first-order valence-corrected chi connectivity index (χ1v) is 13.8. The van der Waals surface area contributed by atoms with Crippen LogP contribution >= 0.6 is 11.8 Å². The van der Waals surface area contributed by atoms with Gasteiger partial charge in [-0.2, -0.15) is 0 Å². The van der Waals surface area contributed by atoms with Crippen LogP contribution in [0.5, 0.6) is 0 Å². The average molecular weight is 521 g/mol. The molecule has 6 N–H and O–H groups in total. The largest absolute Gasteiger partial charge is 0.477 e. The van der Waals surface area contributed by atoms with E-state index in [1.165, 1.54) is 16.7 Å². The van der Waals surface area contributed by atoms with Gasteiger partial charge in [0.05, 0.1) is 18.0 Å². The number of carboxylic acid groups (broad SMARTS) is 1. The lowest BCUT2D eigenvalue weighted by atomic mass is 9.78. The third kappa shape index (κ3) is 4.52. The second-order valence-corrected chi connectivity index (χ2v) is 12.2. The molecule has 4 fully saturated rings. The molecule has 0 spiro atoms. The van der Waals surface area contributed by atoms with Crippen LogP contribution in [0.4, 0.5) is 0 Å². The highest BCUT2D eigenvalue weighted by Gasteiger charge is 2.60. The van der Waals surface area contributed by atoms with Gasteiger partial charge in [0.15, 0.2) is 0 Å². The molecule has 0 aromatic heterocycles. The molecule has 36 heavy (non-hydrogen) atoms. The quantitative estimate of drug-likeness (QED) is 0.251. The summed E-state index contributed by atoms with van der Waals surface area (Å²) < 4.78 is 0. The van der Waals surface area contributed by atoms with Gasteiger partial charge >= 0.3 is 5.97 Å². The molecule has 0 saturated carbocycles. The molecule has 12 heteroatoms. The summed E-state index contributed by atoms with van der Waals surface area (Å²) in [5.74, 6) is -1.66. The van der Waals surface area contributed by atoms with E-state index >= 15 is 0 Å². The molecule has 0 aromatic carbocycles. The molecule has 0 radical (unpaired) electrons. The number of nitrogens with two attached hydrogens (primary N) is 1. The van der Waals surface area contributed by atoms with E-state index in [-0.39, 0.29) is 58.8 Å². The highest BCUT2D eigenvalue weighted by Crippen LogP contribution is 2.51. The molecule has 7 atom stereocenters. The third-order valence-corrected chi connectivity index (χ3v) is 9.79. The number of carbonyl (C=O) groups excluding carboxylic acids is 3. The molecule has 2 unspecified atom stereocenters. The standard InChI is InChI=1S/C24H36N6O5S/c1-11-19-18(12(2)28-17(31)5-13-7-26-8-13)23(33)30(19)20(24(34)35)21(11)36-15-6-16(27-9-15)22(32)29-4-3-14(25)10-29/h11-16,18-19,26-27H,3-10,25H2,1-2H3,(H,28,31)(H,34,35)/t11-,12?,14-,15+,16?,18-,19-/m1/s1. The van der Waals surface area contributed by atoms with E-state index in [2.05, 4.69) is 16.0 Å². The Morgan fingerprint density at radius 3 is 2.64 bits per heavy atom. The normalized spacial score (nSPS) is 34.9. The first-order valence-electron chi connectivity index (χ1n) is 12.9. The molecular weight excluding hydrogens is 484 g/mol. The number of amides is 3. The summed E-state index contributed by atoms with van der Waals surface area (Å²) in [6, 6.07) is -0.931. The Morgan fingerprint density at radius 1 is 1.28 bits per heavy atom. The van der Waals surface area contributed by atoms with Gasteiger partial charge < -0.3 is 36.6 Å². The Bertz CT molecular complexity index is 986. The molecule has 5 heterocycles. The van der Waals surface area contributed by atoms with Crippen molar-refractivity contribution in [2.75, 3.05) is 32.7 Å². The topological polar surface area (TPSA) is 157 Å². The zero-order valence-electron chi connectivity index (χ0n) is 20.7. The molecule has 3 amide bonds. The lowest BCUT2D eigenvalue weighted by Crippen LogP contribution is -2.66. The number of carbonyl (C=O) groups is 4. The van der Waals surface area contributed by atoms with Gasteiger partial charge in [0.1, 0.15) is 5.70 Å². The van der Waals surface area contributed by atoms with Crippen LogP contribution in [0.2, 0.25) is 0 Å². The van der Waals surface area contributed by atoms with Crippen LogP contribution in [-0.2, 0) is 19.2 Å². The Kier molecular flexibility index (Phi) is 7.05. The van der Waals surface area contributed by atoms with E-state index in [9.17, 15) is 24.3 Å². The van der Waals surface area contributed by atoms with Crippen LogP contribution in [0.3, 0.4) is 0 Å². The van der Waals surface area contributed by atoms with Crippen LogP contribution in [0.25, 0.3) is 0 Å². The Labute approximate surface area is 214 Å². The number of carboxylic acids is 1. The van der Waals surface area contributed by atoms with Gasteiger partial charge in [0.25, 0.3) is 0 Å². The second kappa shape index (κ2) is 9.96. The lowest BCUT2D eigenvalue weighted by Gasteiger charge is -2.47. The molecule has 4 saturated heterocycles. The third-order valence-electron chi connectivity index (χ3n) is 8.28. The second-order valence-electron chi connectivity index (χ2n) is 10.9. The molecule has 198 valence electrons. The Balaban J connectivity index is 1.23. The predicted molar refractivity (Wildman–Crippen MR) is 133 cm³/mol. The maximum atomic E-state index is 13.1. The van der Waals surface area contributed by atoms with Gasteiger partial charge in [-0.1, -0.05) is 6.92 Å². The number of rotatable bonds is 8. The minimum atomic E-state index is -1.11. The number of thioether (sulfide) groups is 1. The lowest BCUT2D eigenvalue weighted by molar-refractivity contribution is -0.158. The van der Waals surface area contributed by atoms with Crippen LogP contribution < -0.4 is 21.7 Å². The van der Waals surface area contributed by atoms with Crippen molar-refractivity contribution < 1.29 is 24.3 Å². The number of likely N-dealkylation sites (tertiary alicyclic amines) is 1. The minimum absolute atomic E-state index is 0.0283. The highest BCUT2D eigenvalue weighted by molar-refractivity contribution is 8.03. The average Bonchev–Trinajstić information content (AvgIpc) is 3.49. The van der Waals surface area contributed by atoms with Crippen molar-refractivity contribution in [1.82, 2.24) is 25.8 Å². The van der Waals surface area contributed by atoms with Crippen molar-refractivity contribution in [2.24, 2.45) is 23.5 Å². The fourth-order valence-corrected chi connectivity index (χ4v) is 7.70. The molecule has 5 aliphatic heterocycles. The number of hydrogen-bond acceptors (Lipinski definition) is 8. The van der Waals surface area contributed by atoms with Gasteiger partial charge in [-0.25, -0.2) is 4.79 Å². The van der Waals surface area contributed by atoms with Crippen molar-refractivity contribution in [3.05, 3.63) is 10.6 Å². The Hall–Kier alpha value is -2.15. The van der Waals surface area contributed by atoms with Crippen molar-refractivity contribution >= 4 is 35.5 Å². The van der Waals surface area contributed by atoms with Gasteiger partial charge in [0.2, 0.25) is 17.7 Å². The highest BCUT2D eigenvalue weighted by atomic mass is 32.2. The van der Waals surface area contributed by atoms with Gasteiger partial charge in [-0.3, -0.25) is 14.4 Å². The van der Waals surface area contributed by atoms with Gasteiger partial charge in [0, 0.05) is 54.2 Å². The molecule has 0 bridgehead atoms. The van der Waals surface area contributed by atoms with E-state index in [0.29, 0.717) is 43.3 Å². The number of β-lactam (4-membered cyclic amide) rings is 1. The van der Waals surface area contributed by atoms with E-state index < -0.39 is 11.9 Å². The first kappa shape index (κ1) is 25.5. The molecule has 0 aliphatic carbocycles. The monoisotopic (exact) mass is 520 g/mol. The molecule has 5 rings (SSSR count). The maximum absolute atomic E-state index is 13.1. The zero-order chi connectivity index (χ0) is 25.7. The fourth-order valence-electron chi connectivity index (χ4n) is 6.22. The van der Waals surface area contributed by atoms with Crippen LogP contribution in [0.15, 0.2) is 10.6 Å². The summed E-state index contributed by atoms with van der Waals surface area (Å²) in [6.07, 6.45) is 1.84. The van der Waals surface area contributed by atoms with E-state index in [1.54, 1.807) is 0 Å². The van der Waals surface area contributed by atoms with Crippen LogP contribution in [-0.4, -0.2) is 101 Å². The van der Waals surface area contributed by atoms with Gasteiger partial charge in [-0.15, -0.1) is 11.8 Å². The van der Waals surface area contributed by atoms with Crippen molar-refractivity contribution in [2.45, 2.75) is 62.5 Å². The molecule has 0 aromatic rings. The van der Waals surface area contributed by atoms with Crippen molar-refractivity contribution in [1.29, 1.82) is 0 Å². The Morgan fingerprint density at radius 2 is 2.03 bits per heavy atom. The summed E-state index contributed by atoms with van der Waals surface area (Å²) in [4.78, 5) is 54.5. The summed E-state index contributed by atoms with van der Waals surface area (Å²) >= 11 is 1.47. The first-order chi connectivity index (χ1) is 17.2. The summed E-state index contributed by atoms with van der Waals surface area (Å²) in [5.41, 5.74) is 6.00. The van der Waals surface area contributed by atoms with E-state index in [0.717, 1.165) is 19.5 Å². The van der Waals surface area contributed by atoms with Crippen molar-refractivity contribution in [3.63, 3.8) is 0 Å². The number of fused-ring (bicyclic) bond motifs is 1. The number of nitrogens with zero attached hydrogens (tertiary/aromatic N) is 2. The van der Waals surface area contributed by atoms with E-state index in [1.807, 2.05) is 18.7 Å². The molecule has 11 nitrogen and oxygen atoms in total. The zero-order valence-corrected chi connectivity index (χ0v) is 21.6. The van der Waals surface area contributed by atoms with Crippen LogP contribution in [0, 0.1) is 17.8 Å². The summed E-state index contributed by atoms with van der Waals surface area (Å²) in [5, 5.41) is 19.4. The summed E-state index contributed by atoms with van der Waals surface area (Å²) in [6.45, 7) is 7.29. The SMILES string of the molecule is CC(NC(=O)CC1CNC1)[C@H]1C(=O)N2C(C(=O)O)=C(S[C@@H]3CNC(C(=O)N4CC[C@@H](N)C4)C3)[C@H](C)[C@H]12. The number of aliphatic carboxylic acids is 1. The number of nitrogens with one attached hydrogen (secondary N) is 3. The number of hydrogen-bond donors (Lipinski definition) is 5. The smallest absolute Gasteiger partial charge is 0.353 e. The van der Waals surface area contributed by atoms with E-state index in [4.69, 9.17) is 5.73 Å².